The van der Waals surface area contributed by atoms with Crippen molar-refractivity contribution in [3.8, 4) is 6.07 Å². The van der Waals surface area contributed by atoms with Crippen LogP contribution in [0.5, 0.6) is 0 Å². The standard InChI is InChI=1S/C15H19N3O2S.C2H2O4/c16-9-12-11-3-1-2-4-13(11)21-15(12)17-14(19)10-18-5-7-20-8-6-18;3-1(4)2(5)6/h1-8,10H2,(H,17,19);(H,3,4)(H,5,6). The van der Waals surface area contributed by atoms with Crippen LogP contribution in [-0.4, -0.2) is 65.8 Å². The molecule has 27 heavy (non-hydrogen) atoms. The highest BCUT2D eigenvalue weighted by Gasteiger charge is 2.22. The fourth-order valence-electron chi connectivity index (χ4n) is 2.90. The number of hydrogen-bond acceptors (Lipinski definition) is 7. The predicted molar refractivity (Wildman–Crippen MR) is 96.8 cm³/mol. The van der Waals surface area contributed by atoms with Crippen molar-refractivity contribution in [2.45, 2.75) is 25.7 Å². The first kappa shape index (κ1) is 20.8. The van der Waals surface area contributed by atoms with Crippen LogP contribution in [0.1, 0.15) is 28.8 Å². The third-order valence-electron chi connectivity index (χ3n) is 4.19. The number of aliphatic carboxylic acids is 2. The molecule has 1 aliphatic heterocycles. The van der Waals surface area contributed by atoms with Gasteiger partial charge in [-0.2, -0.15) is 5.26 Å². The summed E-state index contributed by atoms with van der Waals surface area (Å²) in [5, 5.41) is 27.8. The Morgan fingerprint density at radius 2 is 1.78 bits per heavy atom. The van der Waals surface area contributed by atoms with Gasteiger partial charge in [0.25, 0.3) is 0 Å². The number of carbonyl (C=O) groups is 3. The lowest BCUT2D eigenvalue weighted by Gasteiger charge is -2.25. The molecule has 2 heterocycles. The van der Waals surface area contributed by atoms with E-state index in [0.717, 1.165) is 42.9 Å². The SMILES string of the molecule is N#Cc1c(NC(=O)CN2CCOCC2)sc2c1CCCC2.O=C(O)C(=O)O. The largest absolute Gasteiger partial charge is 0.473 e. The molecule has 1 saturated heterocycles. The number of nitriles is 1. The van der Waals surface area contributed by atoms with Gasteiger partial charge in [0.1, 0.15) is 11.1 Å². The number of rotatable bonds is 3. The van der Waals surface area contributed by atoms with Crippen molar-refractivity contribution in [1.82, 2.24) is 4.90 Å². The van der Waals surface area contributed by atoms with Gasteiger partial charge in [0.05, 0.1) is 25.3 Å². The van der Waals surface area contributed by atoms with Crippen molar-refractivity contribution < 1.29 is 29.3 Å². The van der Waals surface area contributed by atoms with Gasteiger partial charge in [-0.05, 0) is 31.2 Å². The topological polar surface area (TPSA) is 140 Å². The molecule has 0 bridgehead atoms. The van der Waals surface area contributed by atoms with E-state index in [9.17, 15) is 10.1 Å². The number of morpholine rings is 1. The second kappa shape index (κ2) is 10.0. The monoisotopic (exact) mass is 395 g/mol. The lowest BCUT2D eigenvalue weighted by atomic mass is 9.96. The molecule has 10 heteroatoms. The van der Waals surface area contributed by atoms with Crippen LogP contribution in [-0.2, 0) is 32.0 Å². The minimum Gasteiger partial charge on any atom is -0.473 e. The Hall–Kier alpha value is -2.48. The number of hydrogen-bond donors (Lipinski definition) is 3. The Bertz CT molecular complexity index is 737. The van der Waals surface area contributed by atoms with Gasteiger partial charge in [0.15, 0.2) is 0 Å². The number of carbonyl (C=O) groups excluding carboxylic acids is 1. The van der Waals surface area contributed by atoms with Crippen LogP contribution in [0.2, 0.25) is 0 Å². The summed E-state index contributed by atoms with van der Waals surface area (Å²) in [7, 11) is 0. The Kier molecular flexibility index (Phi) is 7.72. The zero-order chi connectivity index (χ0) is 19.8. The van der Waals surface area contributed by atoms with Gasteiger partial charge < -0.3 is 20.3 Å². The number of carboxylic acid groups (broad SMARTS) is 2. The summed E-state index contributed by atoms with van der Waals surface area (Å²) in [6.07, 6.45) is 4.32. The van der Waals surface area contributed by atoms with Crippen LogP contribution in [0, 0.1) is 11.3 Å². The van der Waals surface area contributed by atoms with Crippen molar-refractivity contribution in [3.05, 3.63) is 16.0 Å². The predicted octanol–water partition coefficient (Wildman–Crippen LogP) is 0.925. The number of nitrogens with zero attached hydrogens (tertiary/aromatic N) is 2. The van der Waals surface area contributed by atoms with Gasteiger partial charge in [0.2, 0.25) is 5.91 Å². The second-order valence-electron chi connectivity index (χ2n) is 6.07. The molecule has 9 nitrogen and oxygen atoms in total. The minimum absolute atomic E-state index is 0.0352. The van der Waals surface area contributed by atoms with Crippen molar-refractivity contribution in [1.29, 1.82) is 5.26 Å². The van der Waals surface area contributed by atoms with Gasteiger partial charge in [0, 0.05) is 18.0 Å². The molecule has 0 unspecified atom stereocenters. The molecule has 2 aliphatic rings. The summed E-state index contributed by atoms with van der Waals surface area (Å²) in [5.41, 5.74) is 1.85. The van der Waals surface area contributed by atoms with Gasteiger partial charge >= 0.3 is 11.9 Å². The third-order valence-corrected chi connectivity index (χ3v) is 5.40. The quantitative estimate of drug-likeness (QED) is 0.642. The molecular formula is C17H21N3O6S. The van der Waals surface area contributed by atoms with E-state index in [1.807, 2.05) is 0 Å². The highest BCUT2D eigenvalue weighted by Crippen LogP contribution is 2.37. The highest BCUT2D eigenvalue weighted by atomic mass is 32.1. The maximum atomic E-state index is 12.2. The Morgan fingerprint density at radius 1 is 1.15 bits per heavy atom. The lowest BCUT2D eigenvalue weighted by Crippen LogP contribution is -2.41. The van der Waals surface area contributed by atoms with Crippen LogP contribution in [0.3, 0.4) is 0 Å². The van der Waals surface area contributed by atoms with Gasteiger partial charge in [-0.15, -0.1) is 11.3 Å². The summed E-state index contributed by atoms with van der Waals surface area (Å²) in [6.45, 7) is 3.32. The first-order chi connectivity index (χ1) is 12.9. The van der Waals surface area contributed by atoms with E-state index >= 15 is 0 Å². The summed E-state index contributed by atoms with van der Waals surface area (Å²) in [6, 6.07) is 2.27. The van der Waals surface area contributed by atoms with Crippen LogP contribution in [0.15, 0.2) is 0 Å². The highest BCUT2D eigenvalue weighted by molar-refractivity contribution is 7.16. The summed E-state index contributed by atoms with van der Waals surface area (Å²) in [5.74, 6) is -3.68. The minimum atomic E-state index is -1.82. The van der Waals surface area contributed by atoms with Crippen LogP contribution < -0.4 is 5.32 Å². The molecule has 0 aromatic carbocycles. The smallest absolute Gasteiger partial charge is 0.414 e. The molecule has 0 saturated carbocycles. The number of thiophene rings is 1. The number of ether oxygens (including phenoxy) is 1. The van der Waals surface area contributed by atoms with Gasteiger partial charge in [-0.25, -0.2) is 9.59 Å². The number of aryl methyl sites for hydroxylation is 1. The van der Waals surface area contributed by atoms with Gasteiger partial charge in [-0.3, -0.25) is 9.69 Å². The molecule has 1 aromatic heterocycles. The molecule has 3 rings (SSSR count). The Morgan fingerprint density at radius 3 is 2.37 bits per heavy atom. The lowest BCUT2D eigenvalue weighted by molar-refractivity contribution is -0.159. The fourth-order valence-corrected chi connectivity index (χ4v) is 4.16. The van der Waals surface area contributed by atoms with Crippen molar-refractivity contribution in [2.24, 2.45) is 0 Å². The fraction of sp³-hybridized carbons (Fsp3) is 0.529. The zero-order valence-electron chi connectivity index (χ0n) is 14.7. The normalized spacial score (nSPS) is 16.3. The first-order valence-electron chi connectivity index (χ1n) is 8.53. The first-order valence-corrected chi connectivity index (χ1v) is 9.34. The third kappa shape index (κ3) is 6.02. The Labute approximate surface area is 160 Å². The van der Waals surface area contributed by atoms with Crippen molar-refractivity contribution in [3.63, 3.8) is 0 Å². The van der Waals surface area contributed by atoms with Crippen LogP contribution in [0.4, 0.5) is 5.00 Å². The molecule has 1 aromatic rings. The maximum absolute atomic E-state index is 12.2. The van der Waals surface area contributed by atoms with Gasteiger partial charge in [-0.1, -0.05) is 0 Å². The summed E-state index contributed by atoms with van der Waals surface area (Å²) in [4.78, 5) is 33.7. The van der Waals surface area contributed by atoms with E-state index in [0.29, 0.717) is 25.3 Å². The molecule has 1 aliphatic carbocycles. The molecule has 1 fully saturated rings. The van der Waals surface area contributed by atoms with Crippen molar-refractivity contribution in [2.75, 3.05) is 38.2 Å². The summed E-state index contributed by atoms with van der Waals surface area (Å²) >= 11 is 1.58. The van der Waals surface area contributed by atoms with Crippen LogP contribution >= 0.6 is 11.3 Å². The number of fused-ring (bicyclic) bond motifs is 1. The molecule has 3 N–H and O–H groups in total. The maximum Gasteiger partial charge on any atom is 0.414 e. The van der Waals surface area contributed by atoms with E-state index in [1.54, 1.807) is 11.3 Å². The molecule has 0 radical (unpaired) electrons. The average molecular weight is 395 g/mol. The molecule has 0 spiro atoms. The van der Waals surface area contributed by atoms with E-state index < -0.39 is 11.9 Å². The van der Waals surface area contributed by atoms with Crippen LogP contribution in [0.25, 0.3) is 0 Å². The zero-order valence-corrected chi connectivity index (χ0v) is 15.5. The number of amides is 1. The molecule has 1 amide bonds. The van der Waals surface area contributed by atoms with E-state index in [2.05, 4.69) is 16.3 Å². The number of nitrogens with one attached hydrogen (secondary N) is 1. The Balaban J connectivity index is 0.000000380. The number of carboxylic acids is 2. The second-order valence-corrected chi connectivity index (χ2v) is 7.18. The average Bonchev–Trinajstić information content (AvgIpc) is 2.99. The molecule has 0 atom stereocenters. The van der Waals surface area contributed by atoms with Crippen molar-refractivity contribution >= 4 is 34.2 Å². The van der Waals surface area contributed by atoms with E-state index in [4.69, 9.17) is 24.5 Å². The number of anilines is 1. The van der Waals surface area contributed by atoms with E-state index in [-0.39, 0.29) is 5.91 Å². The molecule has 146 valence electrons. The summed E-state index contributed by atoms with van der Waals surface area (Å²) < 4.78 is 5.28. The van der Waals surface area contributed by atoms with E-state index in [1.165, 1.54) is 11.3 Å². The molecular weight excluding hydrogens is 374 g/mol.